The summed E-state index contributed by atoms with van der Waals surface area (Å²) in [6, 6.07) is 5.96. The van der Waals surface area contributed by atoms with Crippen molar-refractivity contribution in [1.29, 1.82) is 0 Å². The summed E-state index contributed by atoms with van der Waals surface area (Å²) < 4.78 is 15.5. The number of likely N-dealkylation sites (N-methyl/N-ethyl adjacent to an activating group) is 1. The van der Waals surface area contributed by atoms with E-state index in [0.29, 0.717) is 6.54 Å². The highest BCUT2D eigenvalue weighted by molar-refractivity contribution is 6.00. The lowest BCUT2D eigenvalue weighted by atomic mass is 9.92. The van der Waals surface area contributed by atoms with E-state index < -0.39 is 11.4 Å². The van der Waals surface area contributed by atoms with E-state index in [-0.39, 0.29) is 41.5 Å². The molecule has 2 heterocycles. The first-order valence-electron chi connectivity index (χ1n) is 8.98. The van der Waals surface area contributed by atoms with Gasteiger partial charge in [0, 0.05) is 25.9 Å². The predicted molar refractivity (Wildman–Crippen MR) is 106 cm³/mol. The molecule has 0 unspecified atom stereocenters. The molecule has 1 aromatic carbocycles. The van der Waals surface area contributed by atoms with E-state index >= 15 is 0 Å². The van der Waals surface area contributed by atoms with Crippen molar-refractivity contribution in [3.63, 3.8) is 0 Å². The number of β-amino-alcohol motifs (C(OH)–C–C–N with tert-alkyl or cyclic N) is 1. The number of aryl methyl sites for hydroxylation is 2. The number of likely N-dealkylation sites (tertiary alicyclic amines) is 1. The Hall–Kier alpha value is -2.71. The maximum atomic E-state index is 14.2. The average Bonchev–Trinajstić information content (AvgIpc) is 2.56. The van der Waals surface area contributed by atoms with Crippen molar-refractivity contribution in [3.05, 3.63) is 57.8 Å². The lowest BCUT2D eigenvalue weighted by Gasteiger charge is -2.47. The Kier molecular flexibility index (Phi) is 5.27. The molecule has 150 valence electrons. The van der Waals surface area contributed by atoms with Gasteiger partial charge in [0.1, 0.15) is 11.4 Å². The fraction of sp³-hybridized carbons (Fsp3) is 0.400. The van der Waals surface area contributed by atoms with Gasteiger partial charge in [-0.05, 0) is 38.7 Å². The SMILES string of the molecule is Cc1ccc(Nc2cc(=O)n(C)cc2C(=O)N2CC(O)(CN(C)C)C2)c(F)c1. The number of nitrogens with one attached hydrogen (secondary N) is 1. The minimum Gasteiger partial charge on any atom is -0.385 e. The normalized spacial score (nSPS) is 15.5. The van der Waals surface area contributed by atoms with Crippen LogP contribution in [0.1, 0.15) is 15.9 Å². The maximum absolute atomic E-state index is 14.2. The first-order chi connectivity index (χ1) is 13.1. The zero-order valence-corrected chi connectivity index (χ0v) is 16.5. The summed E-state index contributed by atoms with van der Waals surface area (Å²) in [6.07, 6.45) is 1.43. The third-order valence-corrected chi connectivity index (χ3v) is 4.72. The van der Waals surface area contributed by atoms with E-state index in [4.69, 9.17) is 0 Å². The number of benzene rings is 1. The van der Waals surface area contributed by atoms with Crippen molar-refractivity contribution in [3.8, 4) is 0 Å². The molecule has 1 fully saturated rings. The molecule has 0 atom stereocenters. The number of pyridine rings is 1. The van der Waals surface area contributed by atoms with Crippen LogP contribution in [0.25, 0.3) is 0 Å². The summed E-state index contributed by atoms with van der Waals surface area (Å²) >= 11 is 0. The van der Waals surface area contributed by atoms with Gasteiger partial charge in [-0.25, -0.2) is 4.39 Å². The number of carbonyl (C=O) groups is 1. The molecule has 1 aliphatic heterocycles. The highest BCUT2D eigenvalue weighted by Crippen LogP contribution is 2.28. The minimum absolute atomic E-state index is 0.181. The van der Waals surface area contributed by atoms with E-state index in [2.05, 4.69) is 5.32 Å². The van der Waals surface area contributed by atoms with Crippen LogP contribution in [0.2, 0.25) is 0 Å². The molecule has 3 rings (SSSR count). The number of aromatic nitrogens is 1. The lowest BCUT2D eigenvalue weighted by Crippen LogP contribution is -2.67. The number of halogens is 1. The summed E-state index contributed by atoms with van der Waals surface area (Å²) in [5.74, 6) is -0.794. The summed E-state index contributed by atoms with van der Waals surface area (Å²) in [4.78, 5) is 28.4. The second kappa shape index (κ2) is 7.37. The number of anilines is 2. The molecule has 7 nitrogen and oxygen atoms in total. The van der Waals surface area contributed by atoms with Crippen LogP contribution in [0.4, 0.5) is 15.8 Å². The number of carbonyl (C=O) groups excluding carboxylic acids is 1. The molecule has 28 heavy (non-hydrogen) atoms. The van der Waals surface area contributed by atoms with Gasteiger partial charge in [-0.1, -0.05) is 6.07 Å². The van der Waals surface area contributed by atoms with Gasteiger partial charge in [-0.15, -0.1) is 0 Å². The third-order valence-electron chi connectivity index (χ3n) is 4.72. The van der Waals surface area contributed by atoms with Crippen LogP contribution in [-0.2, 0) is 7.05 Å². The lowest BCUT2D eigenvalue weighted by molar-refractivity contribution is -0.0920. The third kappa shape index (κ3) is 4.07. The molecule has 1 aromatic heterocycles. The first kappa shape index (κ1) is 20.0. The first-order valence-corrected chi connectivity index (χ1v) is 8.98. The molecule has 2 aromatic rings. The summed E-state index contributed by atoms with van der Waals surface area (Å²) in [7, 11) is 5.26. The predicted octanol–water partition coefficient (Wildman–Crippen LogP) is 1.32. The number of nitrogens with zero attached hydrogens (tertiary/aromatic N) is 3. The van der Waals surface area contributed by atoms with Crippen molar-refractivity contribution >= 4 is 17.3 Å². The van der Waals surface area contributed by atoms with E-state index in [9.17, 15) is 19.1 Å². The largest absolute Gasteiger partial charge is 0.385 e. The quantitative estimate of drug-likeness (QED) is 0.808. The van der Waals surface area contributed by atoms with Crippen molar-refractivity contribution in [1.82, 2.24) is 14.4 Å². The molecule has 0 spiro atoms. The second-order valence-electron chi connectivity index (χ2n) is 7.78. The van der Waals surface area contributed by atoms with Gasteiger partial charge in [0.05, 0.1) is 30.0 Å². The number of aliphatic hydroxyl groups is 1. The van der Waals surface area contributed by atoms with Gasteiger partial charge in [-0.3, -0.25) is 9.59 Å². The number of hydrogen-bond donors (Lipinski definition) is 2. The topological polar surface area (TPSA) is 77.8 Å². The monoisotopic (exact) mass is 388 g/mol. The van der Waals surface area contributed by atoms with Crippen LogP contribution < -0.4 is 10.9 Å². The van der Waals surface area contributed by atoms with Crippen LogP contribution in [0.3, 0.4) is 0 Å². The molecule has 0 bridgehead atoms. The fourth-order valence-corrected chi connectivity index (χ4v) is 3.44. The van der Waals surface area contributed by atoms with E-state index in [1.807, 2.05) is 19.0 Å². The van der Waals surface area contributed by atoms with E-state index in [0.717, 1.165) is 5.56 Å². The Bertz CT molecular complexity index is 964. The highest BCUT2D eigenvalue weighted by atomic mass is 19.1. The Balaban J connectivity index is 1.88. The van der Waals surface area contributed by atoms with Gasteiger partial charge in [0.15, 0.2) is 0 Å². The zero-order valence-electron chi connectivity index (χ0n) is 16.5. The van der Waals surface area contributed by atoms with Gasteiger partial charge < -0.3 is 24.8 Å². The van der Waals surface area contributed by atoms with E-state index in [1.165, 1.54) is 27.8 Å². The minimum atomic E-state index is -0.948. The standard InChI is InChI=1S/C20H25FN4O3/c1-13-5-6-16(15(21)7-13)22-17-8-18(26)24(4)9-14(17)19(27)25-11-20(28,12-25)10-23(2)3/h5-9,22,28H,10-12H2,1-4H3. The Morgan fingerprint density at radius 3 is 2.57 bits per heavy atom. The molecule has 1 amide bonds. The van der Waals surface area contributed by atoms with Crippen LogP contribution in [0.5, 0.6) is 0 Å². The second-order valence-corrected chi connectivity index (χ2v) is 7.78. The van der Waals surface area contributed by atoms with Gasteiger partial charge in [0.25, 0.3) is 11.5 Å². The molecular formula is C20H25FN4O3. The molecule has 1 aliphatic rings. The Morgan fingerprint density at radius 2 is 1.96 bits per heavy atom. The maximum Gasteiger partial charge on any atom is 0.257 e. The van der Waals surface area contributed by atoms with Gasteiger partial charge in [-0.2, -0.15) is 0 Å². The van der Waals surface area contributed by atoms with Gasteiger partial charge >= 0.3 is 0 Å². The summed E-state index contributed by atoms with van der Waals surface area (Å²) in [6.45, 7) is 2.62. The number of hydrogen-bond acceptors (Lipinski definition) is 5. The molecule has 1 saturated heterocycles. The molecule has 8 heteroatoms. The van der Waals surface area contributed by atoms with Crippen LogP contribution in [-0.4, -0.2) is 64.7 Å². The fourth-order valence-electron chi connectivity index (χ4n) is 3.44. The van der Waals surface area contributed by atoms with Crippen molar-refractivity contribution in [2.24, 2.45) is 7.05 Å². The molecule has 2 N–H and O–H groups in total. The molecule has 0 saturated carbocycles. The zero-order chi connectivity index (χ0) is 20.6. The average molecular weight is 388 g/mol. The summed E-state index contributed by atoms with van der Waals surface area (Å²) in [5, 5.41) is 13.3. The van der Waals surface area contributed by atoms with Crippen LogP contribution in [0.15, 0.2) is 35.3 Å². The number of amides is 1. The Labute approximate surface area is 163 Å². The van der Waals surface area contributed by atoms with Crippen LogP contribution >= 0.6 is 0 Å². The molecular weight excluding hydrogens is 363 g/mol. The van der Waals surface area contributed by atoms with Crippen molar-refractivity contribution < 1.29 is 14.3 Å². The van der Waals surface area contributed by atoms with Crippen molar-refractivity contribution in [2.75, 3.05) is 39.0 Å². The number of rotatable bonds is 5. The smallest absolute Gasteiger partial charge is 0.257 e. The summed E-state index contributed by atoms with van der Waals surface area (Å²) in [5.41, 5.74) is 0.160. The molecule has 0 radical (unpaired) electrons. The Morgan fingerprint density at radius 1 is 1.29 bits per heavy atom. The van der Waals surface area contributed by atoms with Gasteiger partial charge in [0.2, 0.25) is 0 Å². The molecule has 0 aliphatic carbocycles. The van der Waals surface area contributed by atoms with E-state index in [1.54, 1.807) is 26.1 Å². The van der Waals surface area contributed by atoms with Crippen molar-refractivity contribution in [2.45, 2.75) is 12.5 Å². The van der Waals surface area contributed by atoms with Crippen LogP contribution in [0, 0.1) is 12.7 Å². The highest BCUT2D eigenvalue weighted by Gasteiger charge is 2.44.